The number of carbonyl (C=O) groups excluding carboxylic acids is 1. The van der Waals surface area contributed by atoms with Crippen LogP contribution in [-0.4, -0.2) is 78.7 Å². The fraction of sp³-hybridized carbons (Fsp3) is 0.706. The van der Waals surface area contributed by atoms with Crippen molar-refractivity contribution in [2.75, 3.05) is 52.7 Å². The summed E-state index contributed by atoms with van der Waals surface area (Å²) in [6.45, 7) is 7.16. The number of ether oxygens (including phenoxy) is 2. The fourth-order valence-electron chi connectivity index (χ4n) is 2.94. The highest BCUT2D eigenvalue weighted by Crippen LogP contribution is 2.17. The van der Waals surface area contributed by atoms with E-state index in [2.05, 4.69) is 14.9 Å². The molecule has 1 aromatic heterocycles. The van der Waals surface area contributed by atoms with Crippen LogP contribution in [0.25, 0.3) is 0 Å². The first kappa shape index (κ1) is 19.4. The maximum atomic E-state index is 12.4. The van der Waals surface area contributed by atoms with Gasteiger partial charge in [-0.3, -0.25) is 4.79 Å². The number of aromatic nitrogens is 2. The molecular weight excluding hydrogens is 322 g/mol. The number of aryl methyl sites for hydroxylation is 2. The van der Waals surface area contributed by atoms with Crippen LogP contribution in [-0.2, 0) is 9.53 Å². The first-order valence-corrected chi connectivity index (χ1v) is 8.62. The van der Waals surface area contributed by atoms with Crippen LogP contribution in [0.15, 0.2) is 0 Å². The van der Waals surface area contributed by atoms with Crippen LogP contribution in [0, 0.1) is 13.8 Å². The van der Waals surface area contributed by atoms with Crippen molar-refractivity contribution in [3.05, 3.63) is 11.4 Å². The van der Waals surface area contributed by atoms with E-state index in [0.29, 0.717) is 17.1 Å². The van der Waals surface area contributed by atoms with E-state index < -0.39 is 0 Å². The molecule has 8 heteroatoms. The summed E-state index contributed by atoms with van der Waals surface area (Å²) < 4.78 is 10.6. The van der Waals surface area contributed by atoms with Crippen molar-refractivity contribution in [1.29, 1.82) is 0 Å². The molecule has 2 heterocycles. The molecule has 25 heavy (non-hydrogen) atoms. The molecule has 0 saturated carbocycles. The first-order valence-electron chi connectivity index (χ1n) is 8.62. The predicted octanol–water partition coefficient (Wildman–Crippen LogP) is 0.624. The average Bonchev–Trinajstić information content (AvgIpc) is 2.62. The number of nitrogens with zero attached hydrogens (tertiary/aromatic N) is 4. The summed E-state index contributed by atoms with van der Waals surface area (Å²) in [5.74, 6) is -0.0638. The number of hydrogen-bond donors (Lipinski definition) is 1. The molecular formula is C17H29N5O3. The third-order valence-corrected chi connectivity index (χ3v) is 4.74. The van der Waals surface area contributed by atoms with Crippen molar-refractivity contribution >= 4 is 11.6 Å². The summed E-state index contributed by atoms with van der Waals surface area (Å²) >= 11 is 0. The summed E-state index contributed by atoms with van der Waals surface area (Å²) in [4.78, 5) is 24.9. The number of nitrogen functional groups attached to an aromatic ring is 1. The Labute approximate surface area is 149 Å². The van der Waals surface area contributed by atoms with Gasteiger partial charge >= 0.3 is 6.01 Å². The Balaban J connectivity index is 1.81. The van der Waals surface area contributed by atoms with Gasteiger partial charge in [-0.1, -0.05) is 0 Å². The normalized spacial score (nSPS) is 16.0. The monoisotopic (exact) mass is 351 g/mol. The molecule has 1 fully saturated rings. The van der Waals surface area contributed by atoms with Crippen LogP contribution in [0.4, 0.5) is 5.69 Å². The summed E-state index contributed by atoms with van der Waals surface area (Å²) in [5.41, 5.74) is 7.70. The lowest BCUT2D eigenvalue weighted by Crippen LogP contribution is -2.47. The van der Waals surface area contributed by atoms with Crippen molar-refractivity contribution < 1.29 is 14.3 Å². The van der Waals surface area contributed by atoms with Crippen LogP contribution in [0.2, 0.25) is 0 Å². The van der Waals surface area contributed by atoms with E-state index in [4.69, 9.17) is 15.2 Å². The fourth-order valence-corrected chi connectivity index (χ4v) is 2.94. The van der Waals surface area contributed by atoms with Gasteiger partial charge in [-0.2, -0.15) is 9.97 Å². The molecule has 0 unspecified atom stereocenters. The quantitative estimate of drug-likeness (QED) is 0.770. The Bertz CT molecular complexity index is 565. The van der Waals surface area contributed by atoms with Gasteiger partial charge in [-0.05, 0) is 26.7 Å². The average molecular weight is 351 g/mol. The highest BCUT2D eigenvalue weighted by molar-refractivity contribution is 5.77. The lowest BCUT2D eigenvalue weighted by Gasteiger charge is -2.36. The van der Waals surface area contributed by atoms with Crippen molar-refractivity contribution in [3.63, 3.8) is 0 Å². The van der Waals surface area contributed by atoms with Gasteiger partial charge < -0.3 is 25.0 Å². The molecule has 0 atom stereocenters. The molecule has 1 amide bonds. The second-order valence-corrected chi connectivity index (χ2v) is 6.45. The minimum atomic E-state index is -0.0663. The van der Waals surface area contributed by atoms with Crippen molar-refractivity contribution in [2.45, 2.75) is 32.7 Å². The van der Waals surface area contributed by atoms with E-state index in [0.717, 1.165) is 39.1 Å². The molecule has 0 spiro atoms. The van der Waals surface area contributed by atoms with E-state index in [-0.39, 0.29) is 24.6 Å². The lowest BCUT2D eigenvalue weighted by atomic mass is 10.0. The standard InChI is InChI=1S/C17H29N5O3/c1-12-16(18)13(2)20-17(19-12)25-11-15(23)21(3)14-5-7-22(8-6-14)9-10-24-4/h14H,5-11,18H2,1-4H3. The maximum Gasteiger partial charge on any atom is 0.317 e. The molecule has 140 valence electrons. The highest BCUT2D eigenvalue weighted by atomic mass is 16.5. The van der Waals surface area contributed by atoms with Crippen LogP contribution in [0.1, 0.15) is 24.2 Å². The molecule has 1 saturated heterocycles. The van der Waals surface area contributed by atoms with Crippen molar-refractivity contribution in [3.8, 4) is 6.01 Å². The van der Waals surface area contributed by atoms with Crippen LogP contribution < -0.4 is 10.5 Å². The number of nitrogens with two attached hydrogens (primary N) is 1. The SMILES string of the molecule is COCCN1CCC(N(C)C(=O)COc2nc(C)c(N)c(C)n2)CC1. The van der Waals surface area contributed by atoms with Gasteiger partial charge in [0.05, 0.1) is 23.7 Å². The minimum Gasteiger partial charge on any atom is -0.453 e. The third kappa shape index (κ3) is 5.27. The molecule has 0 aliphatic carbocycles. The lowest BCUT2D eigenvalue weighted by molar-refractivity contribution is -0.135. The molecule has 8 nitrogen and oxygen atoms in total. The van der Waals surface area contributed by atoms with Gasteiger partial charge in [-0.15, -0.1) is 0 Å². The molecule has 0 aromatic carbocycles. The number of likely N-dealkylation sites (N-methyl/N-ethyl adjacent to an activating group) is 1. The first-order chi connectivity index (χ1) is 11.9. The van der Waals surface area contributed by atoms with E-state index in [1.54, 1.807) is 25.9 Å². The van der Waals surface area contributed by atoms with Crippen LogP contribution in [0.3, 0.4) is 0 Å². The number of methoxy groups -OCH3 is 1. The van der Waals surface area contributed by atoms with E-state index in [9.17, 15) is 4.79 Å². The smallest absolute Gasteiger partial charge is 0.317 e. The van der Waals surface area contributed by atoms with Crippen molar-refractivity contribution in [2.24, 2.45) is 0 Å². The second kappa shape index (κ2) is 8.96. The van der Waals surface area contributed by atoms with Gasteiger partial charge in [0.1, 0.15) is 0 Å². The third-order valence-electron chi connectivity index (χ3n) is 4.74. The van der Waals surface area contributed by atoms with Gasteiger partial charge in [0.25, 0.3) is 5.91 Å². The number of carbonyl (C=O) groups is 1. The summed E-state index contributed by atoms with van der Waals surface area (Å²) in [5, 5.41) is 0. The Morgan fingerprint density at radius 2 is 1.88 bits per heavy atom. The molecule has 1 aromatic rings. The Morgan fingerprint density at radius 3 is 2.44 bits per heavy atom. The summed E-state index contributed by atoms with van der Waals surface area (Å²) in [6.07, 6.45) is 1.92. The zero-order valence-corrected chi connectivity index (χ0v) is 15.6. The molecule has 2 rings (SSSR count). The molecule has 1 aliphatic heterocycles. The van der Waals surface area contributed by atoms with Gasteiger partial charge in [0, 0.05) is 39.8 Å². The highest BCUT2D eigenvalue weighted by Gasteiger charge is 2.25. The van der Waals surface area contributed by atoms with Crippen LogP contribution >= 0.6 is 0 Å². The van der Waals surface area contributed by atoms with Gasteiger partial charge in [-0.25, -0.2) is 0 Å². The molecule has 2 N–H and O–H groups in total. The van der Waals surface area contributed by atoms with Gasteiger partial charge in [0.15, 0.2) is 6.61 Å². The number of piperidine rings is 1. The Hall–Kier alpha value is -1.93. The second-order valence-electron chi connectivity index (χ2n) is 6.45. The number of anilines is 1. The largest absolute Gasteiger partial charge is 0.453 e. The molecule has 0 bridgehead atoms. The minimum absolute atomic E-state index is 0.0638. The maximum absolute atomic E-state index is 12.4. The zero-order chi connectivity index (χ0) is 18.4. The predicted molar refractivity (Wildman–Crippen MR) is 95.5 cm³/mol. The number of amides is 1. The van der Waals surface area contributed by atoms with Gasteiger partial charge in [0.2, 0.25) is 0 Å². The number of rotatable bonds is 7. The van der Waals surface area contributed by atoms with Crippen molar-refractivity contribution in [1.82, 2.24) is 19.8 Å². The number of likely N-dealkylation sites (tertiary alicyclic amines) is 1. The Morgan fingerprint density at radius 1 is 1.28 bits per heavy atom. The van der Waals surface area contributed by atoms with E-state index >= 15 is 0 Å². The van der Waals surface area contributed by atoms with E-state index in [1.807, 2.05) is 7.05 Å². The topological polar surface area (TPSA) is 93.8 Å². The zero-order valence-electron chi connectivity index (χ0n) is 15.6. The van der Waals surface area contributed by atoms with E-state index in [1.165, 1.54) is 0 Å². The van der Waals surface area contributed by atoms with Crippen LogP contribution in [0.5, 0.6) is 6.01 Å². The summed E-state index contributed by atoms with van der Waals surface area (Å²) in [6, 6.07) is 0.436. The molecule has 0 radical (unpaired) electrons. The molecule has 1 aliphatic rings. The summed E-state index contributed by atoms with van der Waals surface area (Å²) in [7, 11) is 3.55. The Kier molecular flexibility index (Phi) is 6.95. The number of hydrogen-bond acceptors (Lipinski definition) is 7.